The van der Waals surface area contributed by atoms with Crippen molar-refractivity contribution in [2.75, 3.05) is 5.32 Å². The van der Waals surface area contributed by atoms with Crippen molar-refractivity contribution in [3.05, 3.63) is 45.3 Å². The highest BCUT2D eigenvalue weighted by molar-refractivity contribution is 6.33. The maximum absolute atomic E-state index is 6.17. The van der Waals surface area contributed by atoms with Crippen LogP contribution in [0.15, 0.2) is 18.2 Å². The van der Waals surface area contributed by atoms with Gasteiger partial charge in [-0.2, -0.15) is 0 Å². The highest BCUT2D eigenvalue weighted by atomic mass is 35.5. The molecule has 0 bridgehead atoms. The minimum absolute atomic E-state index is 0.453. The standard InChI is InChI=1S/C13H13Cl2N3/c1-7-5-4-6-10(14)11(7)18-13-8(2)12(15)16-9(3)17-13/h4-6H,1-3H3,(H,16,17,18). The molecule has 0 aliphatic rings. The van der Waals surface area contributed by atoms with Crippen LogP contribution in [-0.4, -0.2) is 9.97 Å². The monoisotopic (exact) mass is 281 g/mol. The minimum Gasteiger partial charge on any atom is -0.338 e. The summed E-state index contributed by atoms with van der Waals surface area (Å²) in [5.74, 6) is 1.31. The van der Waals surface area contributed by atoms with Crippen molar-refractivity contribution in [1.82, 2.24) is 9.97 Å². The maximum Gasteiger partial charge on any atom is 0.138 e. The Labute approximate surface area is 116 Å². The molecule has 0 aliphatic heterocycles. The van der Waals surface area contributed by atoms with Gasteiger partial charge in [0.15, 0.2) is 0 Å². The molecule has 18 heavy (non-hydrogen) atoms. The first-order valence-electron chi connectivity index (χ1n) is 5.52. The molecular formula is C13H13Cl2N3. The van der Waals surface area contributed by atoms with Crippen LogP contribution >= 0.6 is 23.2 Å². The van der Waals surface area contributed by atoms with Crippen LogP contribution in [0, 0.1) is 20.8 Å². The normalized spacial score (nSPS) is 10.5. The molecule has 0 aliphatic carbocycles. The Morgan fingerprint density at radius 3 is 2.44 bits per heavy atom. The fourth-order valence-corrected chi connectivity index (χ4v) is 2.11. The highest BCUT2D eigenvalue weighted by Gasteiger charge is 2.10. The van der Waals surface area contributed by atoms with E-state index in [2.05, 4.69) is 15.3 Å². The first kappa shape index (κ1) is 13.1. The van der Waals surface area contributed by atoms with Crippen LogP contribution in [-0.2, 0) is 0 Å². The Morgan fingerprint density at radius 2 is 1.78 bits per heavy atom. The fraction of sp³-hybridized carbons (Fsp3) is 0.231. The van der Waals surface area contributed by atoms with Crippen LogP contribution in [0.4, 0.5) is 11.5 Å². The van der Waals surface area contributed by atoms with Gasteiger partial charge in [0.05, 0.1) is 10.7 Å². The van der Waals surface area contributed by atoms with Crippen molar-refractivity contribution < 1.29 is 0 Å². The average Bonchev–Trinajstić information content (AvgIpc) is 2.30. The predicted molar refractivity (Wildman–Crippen MR) is 76.0 cm³/mol. The fourth-order valence-electron chi connectivity index (χ4n) is 1.62. The zero-order valence-corrected chi connectivity index (χ0v) is 11.9. The molecule has 2 aromatic rings. The van der Waals surface area contributed by atoms with Crippen LogP contribution < -0.4 is 5.32 Å². The summed E-state index contributed by atoms with van der Waals surface area (Å²) >= 11 is 12.2. The number of nitrogens with zero attached hydrogens (tertiary/aromatic N) is 2. The van der Waals surface area contributed by atoms with E-state index in [4.69, 9.17) is 23.2 Å². The van der Waals surface area contributed by atoms with Crippen molar-refractivity contribution in [2.24, 2.45) is 0 Å². The van der Waals surface area contributed by atoms with Crippen molar-refractivity contribution >= 4 is 34.7 Å². The Bertz CT molecular complexity index is 577. The van der Waals surface area contributed by atoms with E-state index < -0.39 is 0 Å². The molecule has 0 atom stereocenters. The number of hydrogen-bond acceptors (Lipinski definition) is 3. The summed E-state index contributed by atoms with van der Waals surface area (Å²) in [6.45, 7) is 5.66. The summed E-state index contributed by atoms with van der Waals surface area (Å²) in [6.07, 6.45) is 0. The van der Waals surface area contributed by atoms with E-state index in [0.29, 0.717) is 21.8 Å². The number of para-hydroxylation sites is 1. The van der Waals surface area contributed by atoms with Crippen molar-refractivity contribution in [3.8, 4) is 0 Å². The molecular weight excluding hydrogens is 269 g/mol. The second-order valence-corrected chi connectivity index (χ2v) is 4.86. The molecule has 0 amide bonds. The maximum atomic E-state index is 6.17. The van der Waals surface area contributed by atoms with Crippen LogP contribution in [0.2, 0.25) is 10.2 Å². The number of aryl methyl sites for hydroxylation is 2. The lowest BCUT2D eigenvalue weighted by molar-refractivity contribution is 1.04. The van der Waals surface area contributed by atoms with E-state index >= 15 is 0 Å². The van der Waals surface area contributed by atoms with Gasteiger partial charge >= 0.3 is 0 Å². The molecule has 1 aromatic carbocycles. The van der Waals surface area contributed by atoms with E-state index in [-0.39, 0.29) is 0 Å². The van der Waals surface area contributed by atoms with Gasteiger partial charge in [0.1, 0.15) is 16.8 Å². The lowest BCUT2D eigenvalue weighted by atomic mass is 10.2. The second kappa shape index (κ2) is 5.12. The van der Waals surface area contributed by atoms with Gasteiger partial charge in [-0.05, 0) is 32.4 Å². The van der Waals surface area contributed by atoms with E-state index in [9.17, 15) is 0 Å². The second-order valence-electron chi connectivity index (χ2n) is 4.09. The number of aromatic nitrogens is 2. The van der Waals surface area contributed by atoms with Crippen molar-refractivity contribution in [3.63, 3.8) is 0 Å². The van der Waals surface area contributed by atoms with Crippen LogP contribution in [0.1, 0.15) is 17.0 Å². The molecule has 1 heterocycles. The summed E-state index contributed by atoms with van der Waals surface area (Å²) in [6, 6.07) is 5.73. The van der Waals surface area contributed by atoms with Crippen molar-refractivity contribution in [2.45, 2.75) is 20.8 Å². The molecule has 1 aromatic heterocycles. The number of nitrogens with one attached hydrogen (secondary N) is 1. The Kier molecular flexibility index (Phi) is 3.73. The quantitative estimate of drug-likeness (QED) is 0.827. The number of anilines is 2. The zero-order valence-electron chi connectivity index (χ0n) is 10.4. The van der Waals surface area contributed by atoms with E-state index in [1.807, 2.05) is 32.0 Å². The summed E-state index contributed by atoms with van der Waals surface area (Å²) < 4.78 is 0. The molecule has 3 nitrogen and oxygen atoms in total. The molecule has 0 saturated carbocycles. The molecule has 0 fully saturated rings. The molecule has 94 valence electrons. The first-order valence-corrected chi connectivity index (χ1v) is 6.27. The lowest BCUT2D eigenvalue weighted by Gasteiger charge is -2.13. The van der Waals surface area contributed by atoms with Crippen LogP contribution in [0.3, 0.4) is 0 Å². The highest BCUT2D eigenvalue weighted by Crippen LogP contribution is 2.30. The van der Waals surface area contributed by atoms with Crippen LogP contribution in [0.5, 0.6) is 0 Å². The third-order valence-corrected chi connectivity index (χ3v) is 3.35. The van der Waals surface area contributed by atoms with Gasteiger partial charge in [-0.1, -0.05) is 35.3 Å². The molecule has 0 radical (unpaired) electrons. The molecule has 5 heteroatoms. The smallest absolute Gasteiger partial charge is 0.138 e. The molecule has 1 N–H and O–H groups in total. The van der Waals surface area contributed by atoms with E-state index in [1.54, 1.807) is 6.92 Å². The Balaban J connectivity index is 2.46. The van der Waals surface area contributed by atoms with Crippen molar-refractivity contribution in [1.29, 1.82) is 0 Å². The van der Waals surface area contributed by atoms with Gasteiger partial charge in [-0.25, -0.2) is 9.97 Å². The van der Waals surface area contributed by atoms with E-state index in [1.165, 1.54) is 0 Å². The molecule has 2 rings (SSSR count). The van der Waals surface area contributed by atoms with E-state index in [0.717, 1.165) is 16.8 Å². The third kappa shape index (κ3) is 2.57. The summed E-state index contributed by atoms with van der Waals surface area (Å²) in [5.41, 5.74) is 2.70. The van der Waals surface area contributed by atoms with Gasteiger partial charge in [0.25, 0.3) is 0 Å². The van der Waals surface area contributed by atoms with Gasteiger partial charge in [-0.15, -0.1) is 0 Å². The SMILES string of the molecule is Cc1nc(Cl)c(C)c(Nc2c(C)cccc2Cl)n1. The van der Waals surface area contributed by atoms with Gasteiger partial charge < -0.3 is 5.32 Å². The van der Waals surface area contributed by atoms with Gasteiger partial charge in [0.2, 0.25) is 0 Å². The van der Waals surface area contributed by atoms with Gasteiger partial charge in [-0.3, -0.25) is 0 Å². The van der Waals surface area contributed by atoms with Crippen LogP contribution in [0.25, 0.3) is 0 Å². The topological polar surface area (TPSA) is 37.8 Å². The number of hydrogen-bond donors (Lipinski definition) is 1. The zero-order chi connectivity index (χ0) is 13.3. The third-order valence-electron chi connectivity index (χ3n) is 2.66. The minimum atomic E-state index is 0.453. The number of halogens is 2. The first-order chi connectivity index (χ1) is 8.49. The number of rotatable bonds is 2. The average molecular weight is 282 g/mol. The summed E-state index contributed by atoms with van der Waals surface area (Å²) in [7, 11) is 0. The van der Waals surface area contributed by atoms with Gasteiger partial charge in [0, 0.05) is 5.56 Å². The molecule has 0 saturated heterocycles. The predicted octanol–water partition coefficient (Wildman–Crippen LogP) is 4.45. The molecule has 0 spiro atoms. The largest absolute Gasteiger partial charge is 0.338 e. The molecule has 0 unspecified atom stereocenters. The Morgan fingerprint density at radius 1 is 1.06 bits per heavy atom. The lowest BCUT2D eigenvalue weighted by Crippen LogP contribution is -2.02. The summed E-state index contributed by atoms with van der Waals surface area (Å²) in [5, 5.41) is 4.33. The summed E-state index contributed by atoms with van der Waals surface area (Å²) in [4.78, 5) is 8.45. The number of benzene rings is 1. The Hall–Kier alpha value is -1.32.